The van der Waals surface area contributed by atoms with Crippen LogP contribution in [0.15, 0.2) is 24.5 Å². The van der Waals surface area contributed by atoms with Gasteiger partial charge in [-0.25, -0.2) is 0 Å². The average Bonchev–Trinajstić information content (AvgIpc) is 2.24. The lowest BCUT2D eigenvalue weighted by Gasteiger charge is -1.82. The first-order chi connectivity index (χ1) is 6.81. The number of hydrogen-bond acceptors (Lipinski definition) is 1. The van der Waals surface area contributed by atoms with E-state index in [1.54, 1.807) is 12.4 Å². The summed E-state index contributed by atoms with van der Waals surface area (Å²) in [6.07, 6.45) is 7.65. The summed E-state index contributed by atoms with van der Waals surface area (Å²) >= 11 is 0. The summed E-state index contributed by atoms with van der Waals surface area (Å²) in [6.45, 7) is 10.5. The van der Waals surface area contributed by atoms with Crippen LogP contribution < -0.4 is 0 Å². The monoisotopic (exact) mass is 195 g/mol. The fourth-order valence-electron chi connectivity index (χ4n) is 0.780. The molecule has 0 fully saturated rings. The number of aromatic nitrogens is 1. The molecule has 1 aromatic heterocycles. The fraction of sp³-hybridized carbons (Fsp3) is 0.615. The predicted molar refractivity (Wildman–Crippen MR) is 65.5 cm³/mol. The van der Waals surface area contributed by atoms with Crippen LogP contribution in [0.1, 0.15) is 52.5 Å². The number of unbranched alkanes of at least 4 members (excludes halogenated alkanes) is 2. The molecule has 0 radical (unpaired) electrons. The molecule has 0 atom stereocenters. The topological polar surface area (TPSA) is 12.9 Å². The largest absolute Gasteiger partial charge is 0.265 e. The predicted octanol–water partition coefficient (Wildman–Crippen LogP) is 4.61. The van der Waals surface area contributed by atoms with Crippen molar-refractivity contribution in [1.29, 1.82) is 0 Å². The van der Waals surface area contributed by atoms with Crippen LogP contribution in [-0.2, 0) is 0 Å². The van der Waals surface area contributed by atoms with Gasteiger partial charge < -0.3 is 0 Å². The Bertz CT molecular complexity index is 168. The second-order valence-electron chi connectivity index (χ2n) is 2.88. The van der Waals surface area contributed by atoms with Crippen LogP contribution in [0, 0.1) is 6.92 Å². The second-order valence-corrected chi connectivity index (χ2v) is 2.88. The zero-order chi connectivity index (χ0) is 11.2. The first-order valence-corrected chi connectivity index (χ1v) is 5.67. The van der Waals surface area contributed by atoms with Gasteiger partial charge in [-0.05, 0) is 24.6 Å². The first kappa shape index (κ1) is 15.6. The summed E-state index contributed by atoms with van der Waals surface area (Å²) in [5.74, 6) is 0. The summed E-state index contributed by atoms with van der Waals surface area (Å²) in [5, 5.41) is 0. The van der Waals surface area contributed by atoms with E-state index in [4.69, 9.17) is 0 Å². The van der Waals surface area contributed by atoms with Gasteiger partial charge in [-0.1, -0.05) is 47.0 Å². The molecule has 1 rings (SSSR count). The van der Waals surface area contributed by atoms with Crippen molar-refractivity contribution in [3.63, 3.8) is 0 Å². The molecule has 1 heteroatoms. The van der Waals surface area contributed by atoms with Gasteiger partial charge in [-0.15, -0.1) is 0 Å². The van der Waals surface area contributed by atoms with E-state index in [0.717, 1.165) is 0 Å². The lowest BCUT2D eigenvalue weighted by molar-refractivity contribution is 0.772. The third-order valence-electron chi connectivity index (χ3n) is 1.55. The Morgan fingerprint density at radius 2 is 1.43 bits per heavy atom. The van der Waals surface area contributed by atoms with Crippen molar-refractivity contribution < 1.29 is 0 Å². The van der Waals surface area contributed by atoms with Crippen molar-refractivity contribution in [2.75, 3.05) is 0 Å². The van der Waals surface area contributed by atoms with Crippen molar-refractivity contribution in [3.05, 3.63) is 30.1 Å². The van der Waals surface area contributed by atoms with Crippen LogP contribution in [0.2, 0.25) is 0 Å². The summed E-state index contributed by atoms with van der Waals surface area (Å²) in [6, 6.07) is 3.94. The lowest BCUT2D eigenvalue weighted by Crippen LogP contribution is -1.68. The molecular formula is C13H25N. The van der Waals surface area contributed by atoms with Gasteiger partial charge >= 0.3 is 0 Å². The molecule has 0 spiro atoms. The minimum atomic E-state index is 1.26. The summed E-state index contributed by atoms with van der Waals surface area (Å²) < 4.78 is 0. The highest BCUT2D eigenvalue weighted by molar-refractivity contribution is 5.05. The van der Waals surface area contributed by atoms with Gasteiger partial charge in [-0.2, -0.15) is 0 Å². The van der Waals surface area contributed by atoms with Gasteiger partial charge in [-0.3, -0.25) is 4.98 Å². The normalized spacial score (nSPS) is 7.79. The standard InChI is InChI=1S/C6H7N.C5H12.C2H6/c1-6-2-4-7-5-3-6;1-3-5-4-2;1-2/h2-5H,1H3;3-5H2,1-2H3;1-2H3. The van der Waals surface area contributed by atoms with E-state index in [1.165, 1.54) is 24.8 Å². The highest BCUT2D eigenvalue weighted by atomic mass is 14.6. The van der Waals surface area contributed by atoms with E-state index in [1.807, 2.05) is 32.9 Å². The van der Waals surface area contributed by atoms with E-state index in [9.17, 15) is 0 Å². The van der Waals surface area contributed by atoms with Crippen LogP contribution in [0.25, 0.3) is 0 Å². The van der Waals surface area contributed by atoms with Gasteiger partial charge in [0, 0.05) is 12.4 Å². The number of aryl methyl sites for hydroxylation is 1. The molecule has 0 aromatic carbocycles. The van der Waals surface area contributed by atoms with E-state index in [2.05, 4.69) is 18.8 Å². The molecule has 14 heavy (non-hydrogen) atoms. The molecule has 0 N–H and O–H groups in total. The smallest absolute Gasteiger partial charge is 0.0270 e. The Hall–Kier alpha value is -0.850. The van der Waals surface area contributed by atoms with Crippen LogP contribution in [-0.4, -0.2) is 4.98 Å². The lowest BCUT2D eigenvalue weighted by atomic mass is 10.3. The number of rotatable bonds is 2. The molecule has 1 nitrogen and oxygen atoms in total. The maximum absolute atomic E-state index is 3.85. The quantitative estimate of drug-likeness (QED) is 0.671. The van der Waals surface area contributed by atoms with Crippen LogP contribution in [0.5, 0.6) is 0 Å². The van der Waals surface area contributed by atoms with Crippen molar-refractivity contribution in [1.82, 2.24) is 4.98 Å². The van der Waals surface area contributed by atoms with E-state index in [0.29, 0.717) is 0 Å². The van der Waals surface area contributed by atoms with Gasteiger partial charge in [0.2, 0.25) is 0 Å². The number of nitrogens with zero attached hydrogens (tertiary/aromatic N) is 1. The summed E-state index contributed by atoms with van der Waals surface area (Å²) in [5.41, 5.74) is 1.26. The molecule has 0 aliphatic heterocycles. The van der Waals surface area contributed by atoms with Crippen LogP contribution in [0.4, 0.5) is 0 Å². The Labute approximate surface area is 89.6 Å². The third kappa shape index (κ3) is 13.7. The highest BCUT2D eigenvalue weighted by Crippen LogP contribution is 1.89. The molecule has 1 heterocycles. The van der Waals surface area contributed by atoms with Gasteiger partial charge in [0.05, 0.1) is 0 Å². The highest BCUT2D eigenvalue weighted by Gasteiger charge is 1.73. The molecule has 0 amide bonds. The maximum Gasteiger partial charge on any atom is 0.0270 e. The molecule has 0 aliphatic rings. The Morgan fingerprint density at radius 3 is 1.57 bits per heavy atom. The fourth-order valence-corrected chi connectivity index (χ4v) is 0.780. The zero-order valence-corrected chi connectivity index (χ0v) is 10.4. The van der Waals surface area contributed by atoms with Crippen LogP contribution in [0.3, 0.4) is 0 Å². The molecule has 0 unspecified atom stereocenters. The SMILES string of the molecule is CC.CCCCC.Cc1ccncc1. The summed E-state index contributed by atoms with van der Waals surface area (Å²) in [7, 11) is 0. The molecule has 1 aromatic rings. The van der Waals surface area contributed by atoms with E-state index in [-0.39, 0.29) is 0 Å². The van der Waals surface area contributed by atoms with Crippen molar-refractivity contribution in [2.45, 2.75) is 53.9 Å². The van der Waals surface area contributed by atoms with Crippen molar-refractivity contribution in [2.24, 2.45) is 0 Å². The van der Waals surface area contributed by atoms with E-state index < -0.39 is 0 Å². The van der Waals surface area contributed by atoms with Gasteiger partial charge in [0.15, 0.2) is 0 Å². The molecule has 82 valence electrons. The van der Waals surface area contributed by atoms with Crippen LogP contribution >= 0.6 is 0 Å². The Balaban J connectivity index is 0. The van der Waals surface area contributed by atoms with Gasteiger partial charge in [0.25, 0.3) is 0 Å². The molecule has 0 aliphatic carbocycles. The number of pyridine rings is 1. The Morgan fingerprint density at radius 1 is 1.00 bits per heavy atom. The maximum atomic E-state index is 3.85. The third-order valence-corrected chi connectivity index (χ3v) is 1.55. The molecular weight excluding hydrogens is 170 g/mol. The summed E-state index contributed by atoms with van der Waals surface area (Å²) in [4.78, 5) is 3.85. The van der Waals surface area contributed by atoms with Crippen molar-refractivity contribution in [3.8, 4) is 0 Å². The second kappa shape index (κ2) is 14.7. The Kier molecular flexibility index (Phi) is 16.4. The minimum absolute atomic E-state index is 1.26. The molecule has 0 saturated carbocycles. The first-order valence-electron chi connectivity index (χ1n) is 5.67. The minimum Gasteiger partial charge on any atom is -0.265 e. The zero-order valence-electron chi connectivity index (χ0n) is 10.4. The average molecular weight is 195 g/mol. The van der Waals surface area contributed by atoms with Gasteiger partial charge in [0.1, 0.15) is 0 Å². The molecule has 0 bridgehead atoms. The number of hydrogen-bond donors (Lipinski definition) is 0. The molecule has 0 saturated heterocycles. The van der Waals surface area contributed by atoms with Crippen molar-refractivity contribution >= 4 is 0 Å². The van der Waals surface area contributed by atoms with E-state index >= 15 is 0 Å².